The third kappa shape index (κ3) is 9.38. The average Bonchev–Trinajstić information content (AvgIpc) is 2.70. The van der Waals surface area contributed by atoms with Gasteiger partial charge in [0.25, 0.3) is 5.91 Å². The van der Waals surface area contributed by atoms with Gasteiger partial charge >= 0.3 is 5.97 Å². The Bertz CT molecular complexity index is 566. The molecule has 0 saturated heterocycles. The van der Waals surface area contributed by atoms with Crippen molar-refractivity contribution in [2.75, 3.05) is 6.61 Å². The molecule has 0 saturated carbocycles. The monoisotopic (exact) mass is 389 g/mol. The number of ether oxygens (including phenoxy) is 1. The number of esters is 1. The number of carbonyl (C=O) groups is 2. The van der Waals surface area contributed by atoms with Gasteiger partial charge < -0.3 is 10.1 Å². The lowest BCUT2D eigenvalue weighted by atomic mass is 10.0. The first-order valence-corrected chi connectivity index (χ1v) is 11.1. The predicted molar refractivity (Wildman–Crippen MR) is 115 cm³/mol. The van der Waals surface area contributed by atoms with E-state index in [2.05, 4.69) is 19.2 Å². The summed E-state index contributed by atoms with van der Waals surface area (Å²) in [6.45, 7) is 8.57. The molecule has 0 fully saturated rings. The zero-order valence-corrected chi connectivity index (χ0v) is 18.3. The van der Waals surface area contributed by atoms with Crippen LogP contribution in [0.25, 0.3) is 0 Å². The molecule has 0 aliphatic carbocycles. The summed E-state index contributed by atoms with van der Waals surface area (Å²) in [5, 5.41) is 2.84. The second-order valence-corrected chi connectivity index (χ2v) is 7.89. The third-order valence-electron chi connectivity index (χ3n) is 5.07. The number of benzene rings is 1. The number of hydrogen-bond donors (Lipinski definition) is 1. The van der Waals surface area contributed by atoms with Crippen LogP contribution in [0.15, 0.2) is 24.3 Å². The molecule has 1 aromatic rings. The van der Waals surface area contributed by atoms with Crippen molar-refractivity contribution in [2.45, 2.75) is 91.5 Å². The molecule has 0 aromatic heterocycles. The van der Waals surface area contributed by atoms with Crippen molar-refractivity contribution in [1.29, 1.82) is 0 Å². The van der Waals surface area contributed by atoms with E-state index < -0.39 is 6.04 Å². The number of nitrogens with one attached hydrogen (secondary N) is 1. The number of carbonyl (C=O) groups excluding carboxylic acids is 2. The largest absolute Gasteiger partial charge is 0.464 e. The standard InChI is InChI=1S/C24H39NO3/c1-5-7-8-9-10-11-12-13-18-28-24(27)22(19(3)4)25-23(26)21-16-14-20(6-2)15-17-21/h14-17,19,22H,5-13,18H2,1-4H3,(H,25,26). The summed E-state index contributed by atoms with van der Waals surface area (Å²) < 4.78 is 5.43. The molecule has 0 radical (unpaired) electrons. The second kappa shape index (κ2) is 14.2. The smallest absolute Gasteiger partial charge is 0.328 e. The lowest BCUT2D eigenvalue weighted by Crippen LogP contribution is -2.45. The molecule has 1 aromatic carbocycles. The number of hydrogen-bond acceptors (Lipinski definition) is 3. The molecule has 0 bridgehead atoms. The Balaban J connectivity index is 2.35. The average molecular weight is 390 g/mol. The van der Waals surface area contributed by atoms with Crippen molar-refractivity contribution in [3.05, 3.63) is 35.4 Å². The molecule has 0 aliphatic heterocycles. The van der Waals surface area contributed by atoms with E-state index in [9.17, 15) is 9.59 Å². The van der Waals surface area contributed by atoms with Crippen LogP contribution < -0.4 is 5.32 Å². The molecular formula is C24H39NO3. The molecule has 1 atom stereocenters. The van der Waals surface area contributed by atoms with Gasteiger partial charge in [-0.2, -0.15) is 0 Å². The van der Waals surface area contributed by atoms with E-state index in [1.54, 1.807) is 12.1 Å². The fourth-order valence-corrected chi connectivity index (χ4v) is 3.11. The highest BCUT2D eigenvalue weighted by Crippen LogP contribution is 2.11. The Kier molecular flexibility index (Phi) is 12.3. The zero-order chi connectivity index (χ0) is 20.8. The molecule has 0 aliphatic rings. The van der Waals surface area contributed by atoms with Crippen LogP contribution in [-0.4, -0.2) is 24.5 Å². The number of amides is 1. The first-order valence-electron chi connectivity index (χ1n) is 11.1. The van der Waals surface area contributed by atoms with Gasteiger partial charge in [0.2, 0.25) is 0 Å². The molecule has 1 N–H and O–H groups in total. The van der Waals surface area contributed by atoms with E-state index in [0.29, 0.717) is 12.2 Å². The second-order valence-electron chi connectivity index (χ2n) is 7.89. The molecule has 4 nitrogen and oxygen atoms in total. The highest BCUT2D eigenvalue weighted by Gasteiger charge is 2.26. The van der Waals surface area contributed by atoms with Gasteiger partial charge in [-0.25, -0.2) is 4.79 Å². The van der Waals surface area contributed by atoms with Gasteiger partial charge in [0.1, 0.15) is 6.04 Å². The number of unbranched alkanes of at least 4 members (excludes halogenated alkanes) is 7. The molecule has 28 heavy (non-hydrogen) atoms. The lowest BCUT2D eigenvalue weighted by molar-refractivity contribution is -0.147. The minimum absolute atomic E-state index is 0.0232. The Hall–Kier alpha value is -1.84. The van der Waals surface area contributed by atoms with E-state index in [0.717, 1.165) is 19.3 Å². The van der Waals surface area contributed by atoms with Crippen molar-refractivity contribution in [2.24, 2.45) is 5.92 Å². The van der Waals surface area contributed by atoms with Gasteiger partial charge in [-0.3, -0.25) is 4.79 Å². The summed E-state index contributed by atoms with van der Waals surface area (Å²) in [5.74, 6) is -0.591. The third-order valence-corrected chi connectivity index (χ3v) is 5.07. The first-order chi connectivity index (χ1) is 13.5. The van der Waals surface area contributed by atoms with Crippen LogP contribution in [0.4, 0.5) is 0 Å². The quantitative estimate of drug-likeness (QED) is 0.329. The predicted octanol–water partition coefficient (Wildman–Crippen LogP) is 5.69. The topological polar surface area (TPSA) is 55.4 Å². The Morgan fingerprint density at radius 3 is 2.00 bits per heavy atom. The van der Waals surface area contributed by atoms with Gasteiger partial charge in [0.05, 0.1) is 6.61 Å². The van der Waals surface area contributed by atoms with Crippen LogP contribution in [-0.2, 0) is 16.0 Å². The van der Waals surface area contributed by atoms with Crippen molar-refractivity contribution in [3.8, 4) is 0 Å². The first kappa shape index (κ1) is 24.2. The van der Waals surface area contributed by atoms with Crippen LogP contribution in [0.2, 0.25) is 0 Å². The molecule has 1 unspecified atom stereocenters. The molecule has 1 rings (SSSR count). The summed E-state index contributed by atoms with van der Waals surface area (Å²) in [7, 11) is 0. The van der Waals surface area contributed by atoms with Crippen molar-refractivity contribution in [3.63, 3.8) is 0 Å². The molecular weight excluding hydrogens is 350 g/mol. The van der Waals surface area contributed by atoms with E-state index >= 15 is 0 Å². The van der Waals surface area contributed by atoms with Crippen molar-refractivity contribution < 1.29 is 14.3 Å². The van der Waals surface area contributed by atoms with E-state index in [1.807, 2.05) is 26.0 Å². The fraction of sp³-hybridized carbons (Fsp3) is 0.667. The van der Waals surface area contributed by atoms with Crippen molar-refractivity contribution >= 4 is 11.9 Å². The molecule has 0 spiro atoms. The van der Waals surface area contributed by atoms with Crippen LogP contribution in [0.1, 0.15) is 95.0 Å². The maximum Gasteiger partial charge on any atom is 0.328 e. The molecule has 0 heterocycles. The van der Waals surface area contributed by atoms with Crippen LogP contribution in [0.3, 0.4) is 0 Å². The molecule has 4 heteroatoms. The summed E-state index contributed by atoms with van der Waals surface area (Å²) >= 11 is 0. The van der Waals surface area contributed by atoms with Gasteiger partial charge in [-0.15, -0.1) is 0 Å². The van der Waals surface area contributed by atoms with Gasteiger partial charge in [0, 0.05) is 5.56 Å². The normalized spacial score (nSPS) is 12.0. The van der Waals surface area contributed by atoms with E-state index in [1.165, 1.54) is 44.1 Å². The van der Waals surface area contributed by atoms with Gasteiger partial charge in [-0.05, 0) is 36.5 Å². The van der Waals surface area contributed by atoms with Crippen LogP contribution >= 0.6 is 0 Å². The lowest BCUT2D eigenvalue weighted by Gasteiger charge is -2.21. The molecule has 1 amide bonds. The minimum atomic E-state index is -0.618. The Morgan fingerprint density at radius 2 is 1.46 bits per heavy atom. The Morgan fingerprint density at radius 1 is 0.893 bits per heavy atom. The summed E-state index contributed by atoms with van der Waals surface area (Å²) in [6, 6.07) is 6.88. The highest BCUT2D eigenvalue weighted by atomic mass is 16.5. The zero-order valence-electron chi connectivity index (χ0n) is 18.3. The van der Waals surface area contributed by atoms with Crippen molar-refractivity contribution in [1.82, 2.24) is 5.32 Å². The maximum absolute atomic E-state index is 12.5. The van der Waals surface area contributed by atoms with Crippen LogP contribution in [0, 0.1) is 5.92 Å². The van der Waals surface area contributed by atoms with E-state index in [4.69, 9.17) is 4.74 Å². The highest BCUT2D eigenvalue weighted by molar-refractivity contribution is 5.96. The van der Waals surface area contributed by atoms with Gasteiger partial charge in [0.15, 0.2) is 0 Å². The van der Waals surface area contributed by atoms with Gasteiger partial charge in [-0.1, -0.05) is 84.8 Å². The van der Waals surface area contributed by atoms with E-state index in [-0.39, 0.29) is 17.8 Å². The minimum Gasteiger partial charge on any atom is -0.464 e. The summed E-state index contributed by atoms with van der Waals surface area (Å²) in [5.41, 5.74) is 1.75. The summed E-state index contributed by atoms with van der Waals surface area (Å²) in [4.78, 5) is 24.9. The van der Waals surface area contributed by atoms with Crippen LogP contribution in [0.5, 0.6) is 0 Å². The maximum atomic E-state index is 12.5. The molecule has 158 valence electrons. The fourth-order valence-electron chi connectivity index (χ4n) is 3.11. The summed E-state index contributed by atoms with van der Waals surface area (Å²) in [6.07, 6.45) is 10.6. The Labute approximate surface area is 171 Å². The number of aryl methyl sites for hydroxylation is 1. The SMILES string of the molecule is CCCCCCCCCCOC(=O)C(NC(=O)c1ccc(CC)cc1)C(C)C. The number of rotatable bonds is 14.